The number of nitrogens with zero attached hydrogens (tertiary/aromatic N) is 2. The Kier molecular flexibility index (Phi) is 3.58. The molecule has 2 aliphatic rings. The molecule has 1 amide bonds. The zero-order valence-corrected chi connectivity index (χ0v) is 13.8. The summed E-state index contributed by atoms with van der Waals surface area (Å²) in [5.74, 6) is -0.403. The number of fused-ring (bicyclic) bond motifs is 2. The third-order valence-electron chi connectivity index (χ3n) is 5.88. The molecule has 0 saturated carbocycles. The number of nitrogens with two attached hydrogens (primary N) is 1. The highest BCUT2D eigenvalue weighted by atomic mass is 16.1. The summed E-state index contributed by atoms with van der Waals surface area (Å²) in [5.41, 5.74) is 9.38. The number of H-pyrrole nitrogens is 1. The number of carbonyl (C=O) groups is 1. The molecule has 2 aromatic rings. The second-order valence-electron chi connectivity index (χ2n) is 7.32. The normalized spacial score (nSPS) is 27.4. The van der Waals surface area contributed by atoms with E-state index in [1.807, 2.05) is 0 Å². The molecule has 5 heteroatoms. The first-order chi connectivity index (χ1) is 11.6. The number of nitrogens with one attached hydrogen (secondary N) is 1. The van der Waals surface area contributed by atoms with Gasteiger partial charge in [-0.3, -0.25) is 4.79 Å². The van der Waals surface area contributed by atoms with Crippen LogP contribution in [-0.4, -0.2) is 35.4 Å². The molecular weight excluding hydrogens is 300 g/mol. The average Bonchev–Trinajstić information content (AvgIpc) is 2.98. The predicted molar refractivity (Wildman–Crippen MR) is 92.2 cm³/mol. The number of rotatable bonds is 3. The second kappa shape index (κ2) is 5.64. The van der Waals surface area contributed by atoms with Crippen molar-refractivity contribution < 1.29 is 4.79 Å². The topological polar surface area (TPSA) is 85.9 Å². The lowest BCUT2D eigenvalue weighted by Gasteiger charge is -2.45. The Morgan fingerprint density at radius 2 is 2.38 bits per heavy atom. The number of aromatic nitrogens is 1. The van der Waals surface area contributed by atoms with Crippen molar-refractivity contribution >= 4 is 16.8 Å². The second-order valence-corrected chi connectivity index (χ2v) is 7.32. The number of aromatic amines is 1. The van der Waals surface area contributed by atoms with Gasteiger partial charge < -0.3 is 15.6 Å². The Labute approximate surface area is 141 Å². The van der Waals surface area contributed by atoms with E-state index >= 15 is 0 Å². The summed E-state index contributed by atoms with van der Waals surface area (Å²) < 4.78 is 0. The van der Waals surface area contributed by atoms with Crippen molar-refractivity contribution in [1.82, 2.24) is 9.88 Å². The van der Waals surface area contributed by atoms with E-state index in [0.29, 0.717) is 24.3 Å². The Balaban J connectivity index is 1.66. The van der Waals surface area contributed by atoms with Gasteiger partial charge in [0.05, 0.1) is 6.07 Å². The van der Waals surface area contributed by atoms with E-state index in [2.05, 4.69) is 47.4 Å². The molecule has 124 valence electrons. The highest BCUT2D eigenvalue weighted by Gasteiger charge is 2.40. The Morgan fingerprint density at radius 3 is 3.12 bits per heavy atom. The summed E-state index contributed by atoms with van der Waals surface area (Å²) in [6.07, 6.45) is 4.78. The van der Waals surface area contributed by atoms with Gasteiger partial charge in [0.1, 0.15) is 5.92 Å². The predicted octanol–water partition coefficient (Wildman–Crippen LogP) is 2.14. The fourth-order valence-corrected chi connectivity index (χ4v) is 4.79. The van der Waals surface area contributed by atoms with Crippen molar-refractivity contribution in [3.8, 4) is 6.07 Å². The molecule has 1 unspecified atom stereocenters. The number of likely N-dealkylation sites (N-methyl/N-ethyl adjacent to an activating group) is 1. The lowest BCUT2D eigenvalue weighted by atomic mass is 9.71. The Hall–Kier alpha value is -2.32. The Morgan fingerprint density at radius 1 is 1.54 bits per heavy atom. The van der Waals surface area contributed by atoms with Crippen LogP contribution >= 0.6 is 0 Å². The summed E-state index contributed by atoms with van der Waals surface area (Å²) in [6.45, 7) is 0.919. The van der Waals surface area contributed by atoms with Gasteiger partial charge in [0.15, 0.2) is 0 Å². The number of likely N-dealkylation sites (tertiary alicyclic amines) is 1. The first kappa shape index (κ1) is 15.2. The van der Waals surface area contributed by atoms with E-state index in [-0.39, 0.29) is 0 Å². The third kappa shape index (κ3) is 2.30. The molecule has 5 nitrogen and oxygen atoms in total. The molecule has 0 radical (unpaired) electrons. The fourth-order valence-electron chi connectivity index (χ4n) is 4.79. The summed E-state index contributed by atoms with van der Waals surface area (Å²) in [4.78, 5) is 17.2. The van der Waals surface area contributed by atoms with Crippen molar-refractivity contribution in [2.75, 3.05) is 13.6 Å². The minimum atomic E-state index is -0.679. The highest BCUT2D eigenvalue weighted by Crippen LogP contribution is 2.45. The number of benzene rings is 1. The minimum absolute atomic E-state index is 0.323. The first-order valence-electron chi connectivity index (χ1n) is 8.56. The largest absolute Gasteiger partial charge is 0.369 e. The molecule has 1 aromatic heterocycles. The SMILES string of the molecule is CN1C[C@@H](CC(C#N)C(N)=O)C[C@@H]2c3cccc4[nH]cc(c34)C[C@@H]21. The van der Waals surface area contributed by atoms with Crippen LogP contribution in [0.2, 0.25) is 0 Å². The van der Waals surface area contributed by atoms with Crippen molar-refractivity contribution in [3.63, 3.8) is 0 Å². The van der Waals surface area contributed by atoms with Crippen LogP contribution in [0.25, 0.3) is 10.9 Å². The number of hydrogen-bond acceptors (Lipinski definition) is 3. The molecule has 4 rings (SSSR count). The highest BCUT2D eigenvalue weighted by molar-refractivity contribution is 5.88. The van der Waals surface area contributed by atoms with Crippen LogP contribution in [0, 0.1) is 23.2 Å². The van der Waals surface area contributed by atoms with Gasteiger partial charge in [0, 0.05) is 35.6 Å². The summed E-state index contributed by atoms with van der Waals surface area (Å²) in [7, 11) is 2.16. The van der Waals surface area contributed by atoms with Gasteiger partial charge in [-0.05, 0) is 49.4 Å². The fraction of sp³-hybridized carbons (Fsp3) is 0.474. The summed E-state index contributed by atoms with van der Waals surface area (Å²) in [5, 5.41) is 10.6. The van der Waals surface area contributed by atoms with Crippen LogP contribution in [0.15, 0.2) is 24.4 Å². The molecule has 0 bridgehead atoms. The summed E-state index contributed by atoms with van der Waals surface area (Å²) in [6, 6.07) is 9.04. The number of carbonyl (C=O) groups excluding carboxylic acids is 1. The maximum absolute atomic E-state index is 11.4. The van der Waals surface area contributed by atoms with Crippen LogP contribution in [-0.2, 0) is 11.2 Å². The lowest BCUT2D eigenvalue weighted by Crippen LogP contribution is -2.48. The quantitative estimate of drug-likeness (QED) is 0.908. The van der Waals surface area contributed by atoms with Crippen molar-refractivity contribution in [2.24, 2.45) is 17.6 Å². The van der Waals surface area contributed by atoms with Crippen LogP contribution in [0.1, 0.15) is 29.9 Å². The number of hydrogen-bond donors (Lipinski definition) is 2. The van der Waals surface area contributed by atoms with Crippen LogP contribution in [0.5, 0.6) is 0 Å². The molecule has 1 aromatic carbocycles. The standard InChI is InChI=1S/C19H22N4O/c1-23-10-11(5-12(8-20)19(21)24)6-15-14-3-2-4-16-18(14)13(9-22-16)7-17(15)23/h2-4,9,11-12,15,17,22H,5-7,10H2,1H3,(H2,21,24)/t11-,12?,15+,17-/m0/s1. The van der Waals surface area contributed by atoms with Gasteiger partial charge in [-0.1, -0.05) is 12.1 Å². The van der Waals surface area contributed by atoms with Crippen LogP contribution in [0.4, 0.5) is 0 Å². The monoisotopic (exact) mass is 322 g/mol. The van der Waals surface area contributed by atoms with E-state index in [0.717, 1.165) is 19.4 Å². The van der Waals surface area contributed by atoms with E-state index < -0.39 is 11.8 Å². The van der Waals surface area contributed by atoms with E-state index in [9.17, 15) is 10.1 Å². The van der Waals surface area contributed by atoms with Crippen molar-refractivity contribution in [3.05, 3.63) is 35.5 Å². The smallest absolute Gasteiger partial charge is 0.234 e. The van der Waals surface area contributed by atoms with Crippen molar-refractivity contribution in [2.45, 2.75) is 31.2 Å². The molecule has 2 heterocycles. The lowest BCUT2D eigenvalue weighted by molar-refractivity contribution is -0.120. The zero-order chi connectivity index (χ0) is 16.8. The number of nitriles is 1. The van der Waals surface area contributed by atoms with Gasteiger partial charge in [-0.15, -0.1) is 0 Å². The van der Waals surface area contributed by atoms with Gasteiger partial charge in [-0.25, -0.2) is 0 Å². The average molecular weight is 322 g/mol. The molecule has 24 heavy (non-hydrogen) atoms. The summed E-state index contributed by atoms with van der Waals surface area (Å²) >= 11 is 0. The number of piperidine rings is 1. The molecule has 1 saturated heterocycles. The molecule has 4 atom stereocenters. The third-order valence-corrected chi connectivity index (χ3v) is 5.88. The van der Waals surface area contributed by atoms with E-state index in [1.54, 1.807) is 0 Å². The molecule has 0 spiro atoms. The van der Waals surface area contributed by atoms with Gasteiger partial charge in [0.25, 0.3) is 0 Å². The first-order valence-corrected chi connectivity index (χ1v) is 8.56. The molecular formula is C19H22N4O. The molecule has 1 fully saturated rings. The van der Waals surface area contributed by atoms with Crippen LogP contribution in [0.3, 0.4) is 0 Å². The zero-order valence-electron chi connectivity index (χ0n) is 13.8. The van der Waals surface area contributed by atoms with Gasteiger partial charge >= 0.3 is 0 Å². The van der Waals surface area contributed by atoms with Crippen molar-refractivity contribution in [1.29, 1.82) is 5.26 Å². The van der Waals surface area contributed by atoms with E-state index in [4.69, 9.17) is 5.73 Å². The maximum atomic E-state index is 11.4. The number of amides is 1. The molecule has 3 N–H and O–H groups in total. The minimum Gasteiger partial charge on any atom is -0.369 e. The number of primary amides is 1. The van der Waals surface area contributed by atoms with E-state index in [1.165, 1.54) is 22.0 Å². The van der Waals surface area contributed by atoms with Gasteiger partial charge in [-0.2, -0.15) is 5.26 Å². The maximum Gasteiger partial charge on any atom is 0.234 e. The van der Waals surface area contributed by atoms with Gasteiger partial charge in [0.2, 0.25) is 5.91 Å². The Bertz CT molecular complexity index is 833. The molecule has 1 aliphatic heterocycles. The molecule has 1 aliphatic carbocycles. The van der Waals surface area contributed by atoms with Crippen LogP contribution < -0.4 is 5.73 Å².